The summed E-state index contributed by atoms with van der Waals surface area (Å²) < 4.78 is 0. The third-order valence-electron chi connectivity index (χ3n) is 5.42. The van der Waals surface area contributed by atoms with Crippen LogP contribution in [0.5, 0.6) is 0 Å². The predicted octanol–water partition coefficient (Wildman–Crippen LogP) is 3.74. The van der Waals surface area contributed by atoms with E-state index in [1.54, 1.807) is 6.20 Å². The van der Waals surface area contributed by atoms with E-state index in [0.717, 1.165) is 38.0 Å². The van der Waals surface area contributed by atoms with Gasteiger partial charge in [-0.25, -0.2) is 4.98 Å². The maximum absolute atomic E-state index is 5.99. The number of nitrogen functional groups attached to an aromatic ring is 1. The molecule has 0 radical (unpaired) electrons. The third kappa shape index (κ3) is 3.35. The van der Waals surface area contributed by atoms with Crippen molar-refractivity contribution in [2.45, 2.75) is 32.2 Å². The first-order chi connectivity index (χ1) is 12.7. The van der Waals surface area contributed by atoms with Gasteiger partial charge in [0.2, 0.25) is 0 Å². The van der Waals surface area contributed by atoms with Gasteiger partial charge in [-0.05, 0) is 50.0 Å². The average Bonchev–Trinajstić information content (AvgIpc) is 3.14. The lowest BCUT2D eigenvalue weighted by Gasteiger charge is -2.32. The third-order valence-corrected chi connectivity index (χ3v) is 5.42. The molecule has 1 saturated heterocycles. The van der Waals surface area contributed by atoms with Gasteiger partial charge < -0.3 is 5.73 Å². The van der Waals surface area contributed by atoms with Gasteiger partial charge in [0.1, 0.15) is 5.82 Å². The molecule has 1 aromatic carbocycles. The number of aromatic nitrogens is 3. The van der Waals surface area contributed by atoms with Crippen LogP contribution in [0.1, 0.15) is 35.6 Å². The van der Waals surface area contributed by atoms with E-state index < -0.39 is 0 Å². The molecule has 3 aromatic rings. The Balaban J connectivity index is 1.46. The zero-order chi connectivity index (χ0) is 17.9. The minimum atomic E-state index is 0.523. The Morgan fingerprint density at radius 2 is 1.92 bits per heavy atom. The highest BCUT2D eigenvalue weighted by Gasteiger charge is 2.25. The number of pyridine rings is 1. The first-order valence-electron chi connectivity index (χ1n) is 9.23. The van der Waals surface area contributed by atoms with Crippen molar-refractivity contribution in [1.29, 1.82) is 0 Å². The summed E-state index contributed by atoms with van der Waals surface area (Å²) in [6.07, 6.45) is 5.97. The lowest BCUT2D eigenvalue weighted by Crippen LogP contribution is -2.33. The molecule has 0 saturated carbocycles. The molecule has 4 rings (SSSR count). The van der Waals surface area contributed by atoms with E-state index in [1.807, 2.05) is 12.3 Å². The first-order valence-corrected chi connectivity index (χ1v) is 9.23. The van der Waals surface area contributed by atoms with E-state index in [4.69, 9.17) is 5.73 Å². The highest BCUT2D eigenvalue weighted by molar-refractivity contribution is 5.69. The van der Waals surface area contributed by atoms with Crippen LogP contribution >= 0.6 is 0 Å². The first kappa shape index (κ1) is 16.8. The number of aryl methyl sites for hydroxylation is 1. The topological polar surface area (TPSA) is 70.8 Å². The number of nitrogens with two attached hydrogens (primary N) is 1. The molecule has 3 heterocycles. The van der Waals surface area contributed by atoms with Crippen LogP contribution in [0.4, 0.5) is 5.82 Å². The molecule has 3 N–H and O–H groups in total. The molecule has 0 unspecified atom stereocenters. The number of anilines is 1. The molecule has 0 aliphatic carbocycles. The molecule has 5 heteroatoms. The van der Waals surface area contributed by atoms with Gasteiger partial charge in [0.25, 0.3) is 0 Å². The normalized spacial score (nSPS) is 16.0. The van der Waals surface area contributed by atoms with E-state index in [-0.39, 0.29) is 0 Å². The van der Waals surface area contributed by atoms with Crippen molar-refractivity contribution in [1.82, 2.24) is 20.1 Å². The molecule has 0 amide bonds. The van der Waals surface area contributed by atoms with E-state index in [9.17, 15) is 0 Å². The molecule has 134 valence electrons. The van der Waals surface area contributed by atoms with Gasteiger partial charge in [-0.15, -0.1) is 0 Å². The zero-order valence-corrected chi connectivity index (χ0v) is 15.2. The Kier molecular flexibility index (Phi) is 4.71. The molecule has 1 aliphatic rings. The minimum Gasteiger partial charge on any atom is -0.383 e. The van der Waals surface area contributed by atoms with Gasteiger partial charge in [0.05, 0.1) is 6.20 Å². The van der Waals surface area contributed by atoms with Crippen LogP contribution in [0, 0.1) is 6.92 Å². The van der Waals surface area contributed by atoms with Crippen LogP contribution in [-0.2, 0) is 6.54 Å². The maximum Gasteiger partial charge on any atom is 0.127 e. The number of rotatable bonds is 4. The second-order valence-corrected chi connectivity index (χ2v) is 7.11. The summed E-state index contributed by atoms with van der Waals surface area (Å²) in [5.41, 5.74) is 12.2. The number of benzene rings is 1. The Morgan fingerprint density at radius 3 is 2.69 bits per heavy atom. The van der Waals surface area contributed by atoms with Gasteiger partial charge in [0, 0.05) is 35.5 Å². The van der Waals surface area contributed by atoms with Crippen molar-refractivity contribution >= 4 is 5.82 Å². The minimum absolute atomic E-state index is 0.523. The molecular weight excluding hydrogens is 322 g/mol. The number of nitrogens with zero attached hydrogens (tertiary/aromatic N) is 3. The van der Waals surface area contributed by atoms with E-state index >= 15 is 0 Å². The summed E-state index contributed by atoms with van der Waals surface area (Å²) in [6.45, 7) is 5.16. The summed E-state index contributed by atoms with van der Waals surface area (Å²) in [6, 6.07) is 12.6. The van der Waals surface area contributed by atoms with Crippen LogP contribution in [0.3, 0.4) is 0 Å². The summed E-state index contributed by atoms with van der Waals surface area (Å²) in [5, 5.41) is 7.63. The highest BCUT2D eigenvalue weighted by atomic mass is 15.1. The van der Waals surface area contributed by atoms with Crippen molar-refractivity contribution in [3.8, 4) is 11.1 Å². The molecule has 1 aliphatic heterocycles. The number of likely N-dealkylation sites (tertiary alicyclic amines) is 1. The second kappa shape index (κ2) is 7.30. The quantitative estimate of drug-likeness (QED) is 0.754. The molecule has 0 atom stereocenters. The molecule has 0 bridgehead atoms. The fourth-order valence-corrected chi connectivity index (χ4v) is 3.90. The van der Waals surface area contributed by atoms with Gasteiger partial charge >= 0.3 is 0 Å². The van der Waals surface area contributed by atoms with Crippen LogP contribution in [0.2, 0.25) is 0 Å². The fourth-order valence-electron chi connectivity index (χ4n) is 3.90. The van der Waals surface area contributed by atoms with Crippen LogP contribution in [0.15, 0.2) is 48.8 Å². The standard InChI is InChI=1S/C21H25N5/c1-15-5-2-3-7-18(15)19-13-24-25-20(19)16-8-11-26(12-9-16)14-17-6-4-10-23-21(17)22/h2-7,10,13,16H,8-9,11-12,14H2,1H3,(H2,22,23)(H,24,25). The van der Waals surface area contributed by atoms with Gasteiger partial charge in [-0.1, -0.05) is 30.3 Å². The zero-order valence-electron chi connectivity index (χ0n) is 15.2. The van der Waals surface area contributed by atoms with Crippen LogP contribution in [0.25, 0.3) is 11.1 Å². The highest BCUT2D eigenvalue weighted by Crippen LogP contribution is 2.35. The smallest absolute Gasteiger partial charge is 0.127 e. The monoisotopic (exact) mass is 347 g/mol. The Bertz CT molecular complexity index is 877. The Hall–Kier alpha value is -2.66. The average molecular weight is 347 g/mol. The molecule has 5 nitrogen and oxygen atoms in total. The Labute approximate surface area is 154 Å². The summed E-state index contributed by atoms with van der Waals surface area (Å²) in [4.78, 5) is 6.66. The van der Waals surface area contributed by atoms with Gasteiger partial charge in [0.15, 0.2) is 0 Å². The molecule has 0 spiro atoms. The number of nitrogens with one attached hydrogen (secondary N) is 1. The summed E-state index contributed by atoms with van der Waals surface area (Å²) >= 11 is 0. The predicted molar refractivity (Wildman–Crippen MR) is 105 cm³/mol. The largest absolute Gasteiger partial charge is 0.383 e. The maximum atomic E-state index is 5.99. The Morgan fingerprint density at radius 1 is 1.12 bits per heavy atom. The number of hydrogen-bond acceptors (Lipinski definition) is 4. The number of piperidine rings is 1. The molecular formula is C21H25N5. The molecule has 26 heavy (non-hydrogen) atoms. The van der Waals surface area contributed by atoms with E-state index in [0.29, 0.717) is 11.7 Å². The van der Waals surface area contributed by atoms with Gasteiger partial charge in [-0.2, -0.15) is 5.10 Å². The SMILES string of the molecule is Cc1ccccc1-c1cn[nH]c1C1CCN(Cc2cccnc2N)CC1. The van der Waals surface area contributed by atoms with E-state index in [2.05, 4.69) is 57.3 Å². The van der Waals surface area contributed by atoms with Crippen molar-refractivity contribution in [2.24, 2.45) is 0 Å². The molecule has 2 aromatic heterocycles. The lowest BCUT2D eigenvalue weighted by molar-refractivity contribution is 0.203. The van der Waals surface area contributed by atoms with Crippen molar-refractivity contribution in [3.63, 3.8) is 0 Å². The number of hydrogen-bond donors (Lipinski definition) is 2. The molecule has 1 fully saturated rings. The van der Waals surface area contributed by atoms with Crippen molar-refractivity contribution < 1.29 is 0 Å². The lowest BCUT2D eigenvalue weighted by atomic mass is 9.88. The summed E-state index contributed by atoms with van der Waals surface area (Å²) in [7, 11) is 0. The van der Waals surface area contributed by atoms with Crippen LogP contribution < -0.4 is 5.73 Å². The fraction of sp³-hybridized carbons (Fsp3) is 0.333. The number of H-pyrrole nitrogens is 1. The summed E-state index contributed by atoms with van der Waals surface area (Å²) in [5.74, 6) is 1.17. The second-order valence-electron chi connectivity index (χ2n) is 7.11. The van der Waals surface area contributed by atoms with Crippen LogP contribution in [-0.4, -0.2) is 33.2 Å². The van der Waals surface area contributed by atoms with Crippen molar-refractivity contribution in [3.05, 3.63) is 65.6 Å². The number of aromatic amines is 1. The van der Waals surface area contributed by atoms with E-state index in [1.165, 1.54) is 22.4 Å². The van der Waals surface area contributed by atoms with Crippen molar-refractivity contribution in [2.75, 3.05) is 18.8 Å². The van der Waals surface area contributed by atoms with Gasteiger partial charge in [-0.3, -0.25) is 10.00 Å².